The van der Waals surface area contributed by atoms with Gasteiger partial charge in [-0.1, -0.05) is 58.3 Å². The highest BCUT2D eigenvalue weighted by molar-refractivity contribution is 5.88. The lowest BCUT2D eigenvalue weighted by Crippen LogP contribution is -2.42. The first kappa shape index (κ1) is 73.6. The van der Waals surface area contributed by atoms with Gasteiger partial charge in [-0.25, -0.2) is 14.4 Å². The van der Waals surface area contributed by atoms with Crippen LogP contribution in [0.25, 0.3) is 0 Å². The van der Waals surface area contributed by atoms with Gasteiger partial charge in [0.05, 0.1) is 51.1 Å². The summed E-state index contributed by atoms with van der Waals surface area (Å²) in [5, 5.41) is 56.8. The molecule has 0 saturated heterocycles. The molecule has 0 unspecified atom stereocenters. The van der Waals surface area contributed by atoms with Gasteiger partial charge in [0.25, 0.3) is 0 Å². The summed E-state index contributed by atoms with van der Waals surface area (Å²) in [4.78, 5) is 132. The van der Waals surface area contributed by atoms with Gasteiger partial charge in [-0.15, -0.1) is 0 Å². The van der Waals surface area contributed by atoms with Crippen molar-refractivity contribution in [3.05, 3.63) is 29.8 Å². The van der Waals surface area contributed by atoms with E-state index in [2.05, 4.69) is 21.3 Å². The Balaban J connectivity index is 2.05. The third-order valence-corrected chi connectivity index (χ3v) is 13.1. The fourth-order valence-electron chi connectivity index (χ4n) is 8.24. The molecule has 82 heavy (non-hydrogen) atoms. The van der Waals surface area contributed by atoms with Crippen LogP contribution in [0, 0.1) is 11.8 Å². The van der Waals surface area contributed by atoms with Crippen LogP contribution in [-0.2, 0) is 66.9 Å². The van der Waals surface area contributed by atoms with E-state index in [0.717, 1.165) is 51.4 Å². The number of carbonyl (C=O) groups is 11. The summed E-state index contributed by atoms with van der Waals surface area (Å²) >= 11 is 0. The Labute approximate surface area is 480 Å². The lowest BCUT2D eigenvalue weighted by Gasteiger charge is -2.16. The van der Waals surface area contributed by atoms with Crippen LogP contribution in [0.3, 0.4) is 0 Å². The molecular weight excluding hydrogens is 1080 g/mol. The number of aliphatic hydroxyl groups excluding tert-OH is 1. The van der Waals surface area contributed by atoms with E-state index in [1.807, 2.05) is 6.92 Å². The van der Waals surface area contributed by atoms with Crippen molar-refractivity contribution < 1.29 is 102 Å². The largest absolute Gasteiger partial charge is 0.494 e. The number of benzene rings is 1. The summed E-state index contributed by atoms with van der Waals surface area (Å²) in [5.74, 6) is -8.57. The first-order chi connectivity index (χ1) is 39.4. The number of carbonyl (C=O) groups excluding carboxylic acids is 7. The molecule has 1 aromatic rings. The molecule has 0 aliphatic heterocycles. The Morgan fingerprint density at radius 1 is 0.451 bits per heavy atom. The zero-order valence-electron chi connectivity index (χ0n) is 47.6. The molecule has 4 atom stereocenters. The average Bonchev–Trinajstić information content (AvgIpc) is 3.45. The minimum Gasteiger partial charge on any atom is -0.494 e. The standard InChI is InChI=1S/C57H90N4O21/c1-2-41(49(65)38-62)15-11-12-28-58-50(66)27-25-48(57(76)77)61-52(68)26-20-43(55(72)73)37-45(64)39-80-35-34-79-32-29-59-53(69)40-81-36-33-78-30-14-16-44(63)21-24-47(56(74)75)60-51(67)17-10-8-6-4-3-5-7-9-13-31-82-46-22-18-42(19-23-46)54(70)71/h18-19,22-23,41,43,47-48,62H,2-17,20-21,24-40H2,1H3,(H,58,66)(H,59,69)(H,60,67)(H,61,68)(H,70,71)(H,72,73)(H,74,75)(H,76,77)/t41-,43+,47-,48-/m0/s1. The number of hydrogen-bond acceptors (Lipinski definition) is 17. The highest BCUT2D eigenvalue weighted by Gasteiger charge is 2.26. The normalized spacial score (nSPS) is 12.5. The predicted octanol–water partition coefficient (Wildman–Crippen LogP) is 4.21. The second kappa shape index (κ2) is 47.1. The molecule has 4 amide bonds. The van der Waals surface area contributed by atoms with Crippen molar-refractivity contribution in [3.8, 4) is 5.75 Å². The summed E-state index contributed by atoms with van der Waals surface area (Å²) in [6.07, 6.45) is 10.4. The number of unbranched alkanes of at least 4 members (excludes halogenated alkanes) is 9. The SMILES string of the molecule is CC[C@@H](CCCCNC(=O)CC[C@H](NC(=O)CC[C@H](CC(=O)COCCOCCNC(=O)COCCOCCCC(=O)CC[C@H](NC(=O)CCCCCCCCCCCOc1ccc(C(=O)O)cc1)C(=O)O)C(=O)O)C(=O)O)C(=O)CO. The maximum atomic E-state index is 12.5. The highest BCUT2D eigenvalue weighted by atomic mass is 16.5. The number of Topliss-reactive ketones (excluding diaryl/α,β-unsaturated/α-hetero) is 3. The highest BCUT2D eigenvalue weighted by Crippen LogP contribution is 2.17. The topological polar surface area (TPSA) is 383 Å². The Hall–Kier alpha value is -6.41. The molecule has 0 aliphatic rings. The van der Waals surface area contributed by atoms with Crippen molar-refractivity contribution in [1.82, 2.24) is 21.3 Å². The van der Waals surface area contributed by atoms with Crippen molar-refractivity contribution in [2.45, 2.75) is 167 Å². The van der Waals surface area contributed by atoms with E-state index in [4.69, 9.17) is 33.9 Å². The number of aromatic carboxylic acids is 1. The summed E-state index contributed by atoms with van der Waals surface area (Å²) < 4.78 is 27.0. The molecule has 0 aliphatic carbocycles. The molecule has 0 aromatic heterocycles. The fourth-order valence-corrected chi connectivity index (χ4v) is 8.24. The molecule has 0 saturated carbocycles. The third-order valence-electron chi connectivity index (χ3n) is 13.1. The van der Waals surface area contributed by atoms with Gasteiger partial charge in [0, 0.05) is 64.1 Å². The second-order valence-corrected chi connectivity index (χ2v) is 19.8. The van der Waals surface area contributed by atoms with E-state index in [1.165, 1.54) is 12.1 Å². The number of aliphatic hydroxyl groups is 1. The number of carboxylic acids is 4. The molecule has 0 bridgehead atoms. The number of ether oxygens (including phenoxy) is 5. The van der Waals surface area contributed by atoms with Crippen LogP contribution in [0.15, 0.2) is 24.3 Å². The number of carboxylic acid groups (broad SMARTS) is 4. The summed E-state index contributed by atoms with van der Waals surface area (Å²) in [6.45, 7) is 2.43. The molecule has 0 radical (unpaired) electrons. The average molecular weight is 1170 g/mol. The minimum atomic E-state index is -1.40. The third kappa shape index (κ3) is 39.1. The molecule has 464 valence electrons. The molecule has 1 rings (SSSR count). The van der Waals surface area contributed by atoms with Crippen LogP contribution in [0.4, 0.5) is 0 Å². The first-order valence-corrected chi connectivity index (χ1v) is 28.6. The Morgan fingerprint density at radius 3 is 1.60 bits per heavy atom. The van der Waals surface area contributed by atoms with Crippen molar-refractivity contribution in [1.29, 1.82) is 0 Å². The minimum absolute atomic E-state index is 0.00681. The molecule has 9 N–H and O–H groups in total. The molecular formula is C57H90N4O21. The molecule has 0 spiro atoms. The van der Waals surface area contributed by atoms with E-state index in [0.29, 0.717) is 57.4 Å². The van der Waals surface area contributed by atoms with Crippen LogP contribution in [0.5, 0.6) is 5.75 Å². The monoisotopic (exact) mass is 1170 g/mol. The lowest BCUT2D eigenvalue weighted by atomic mass is 9.95. The van der Waals surface area contributed by atoms with Gasteiger partial charge in [0.15, 0.2) is 11.6 Å². The van der Waals surface area contributed by atoms with E-state index in [-0.39, 0.29) is 133 Å². The lowest BCUT2D eigenvalue weighted by molar-refractivity contribution is -0.145. The van der Waals surface area contributed by atoms with Crippen LogP contribution >= 0.6 is 0 Å². The number of rotatable bonds is 55. The van der Waals surface area contributed by atoms with Gasteiger partial charge in [-0.3, -0.25) is 38.4 Å². The molecule has 25 heteroatoms. The number of amides is 4. The van der Waals surface area contributed by atoms with Gasteiger partial charge in [0.2, 0.25) is 23.6 Å². The van der Waals surface area contributed by atoms with E-state index < -0.39 is 85.0 Å². The maximum absolute atomic E-state index is 12.5. The van der Waals surface area contributed by atoms with E-state index >= 15 is 0 Å². The predicted molar refractivity (Wildman–Crippen MR) is 296 cm³/mol. The van der Waals surface area contributed by atoms with Crippen LogP contribution in [0.2, 0.25) is 0 Å². The summed E-state index contributed by atoms with van der Waals surface area (Å²) in [5.41, 5.74) is 0.219. The zero-order chi connectivity index (χ0) is 60.8. The van der Waals surface area contributed by atoms with Gasteiger partial charge in [-0.05, 0) is 82.1 Å². The molecule has 0 fully saturated rings. The maximum Gasteiger partial charge on any atom is 0.335 e. The number of ketones is 3. The van der Waals surface area contributed by atoms with Gasteiger partial charge < -0.3 is 70.5 Å². The zero-order valence-corrected chi connectivity index (χ0v) is 47.6. The molecule has 1 aromatic carbocycles. The van der Waals surface area contributed by atoms with Crippen molar-refractivity contribution >= 4 is 64.9 Å². The van der Waals surface area contributed by atoms with E-state index in [1.54, 1.807) is 12.1 Å². The van der Waals surface area contributed by atoms with Crippen molar-refractivity contribution in [2.75, 3.05) is 79.2 Å². The summed E-state index contributed by atoms with van der Waals surface area (Å²) in [7, 11) is 0. The Morgan fingerprint density at radius 2 is 1.00 bits per heavy atom. The van der Waals surface area contributed by atoms with Crippen molar-refractivity contribution in [3.63, 3.8) is 0 Å². The van der Waals surface area contributed by atoms with Crippen LogP contribution in [-0.4, -0.2) is 182 Å². The summed E-state index contributed by atoms with van der Waals surface area (Å²) in [6, 6.07) is 3.78. The number of hydrogen-bond donors (Lipinski definition) is 9. The quantitative estimate of drug-likeness (QED) is 0.0412. The van der Waals surface area contributed by atoms with Gasteiger partial charge in [0.1, 0.15) is 43.4 Å². The van der Waals surface area contributed by atoms with Crippen LogP contribution < -0.4 is 26.0 Å². The molecule has 0 heterocycles. The first-order valence-electron chi connectivity index (χ1n) is 28.6. The fraction of sp³-hybridized carbons (Fsp3) is 0.702. The van der Waals surface area contributed by atoms with Gasteiger partial charge >= 0.3 is 23.9 Å². The van der Waals surface area contributed by atoms with Crippen LogP contribution in [0.1, 0.15) is 165 Å². The Kier molecular flexibility index (Phi) is 42.3. The smallest absolute Gasteiger partial charge is 0.335 e. The van der Waals surface area contributed by atoms with E-state index in [9.17, 15) is 68.1 Å². The Bertz CT molecular complexity index is 2070. The second-order valence-electron chi connectivity index (χ2n) is 19.8. The number of nitrogens with one attached hydrogen (secondary N) is 4. The van der Waals surface area contributed by atoms with Crippen molar-refractivity contribution in [2.24, 2.45) is 11.8 Å². The molecule has 25 nitrogen and oxygen atoms in total. The van der Waals surface area contributed by atoms with Gasteiger partial charge in [-0.2, -0.15) is 0 Å². The number of aliphatic carboxylic acids is 3.